The van der Waals surface area contributed by atoms with Gasteiger partial charge in [0.25, 0.3) is 0 Å². The van der Waals surface area contributed by atoms with E-state index in [0.717, 1.165) is 4.90 Å². The highest BCUT2D eigenvalue weighted by Crippen LogP contribution is 2.48. The maximum atomic E-state index is 14.2. The number of ether oxygens (including phenoxy) is 1. The number of carbonyl (C=O) groups excluding carboxylic acids is 1. The Bertz CT molecular complexity index is 676. The van der Waals surface area contributed by atoms with E-state index < -0.39 is 24.4 Å². The number of rotatable bonds is 3. The highest BCUT2D eigenvalue weighted by Gasteiger charge is 2.61. The number of carbonyl (C=O) groups is 1. The molecule has 1 unspecified atom stereocenters. The van der Waals surface area contributed by atoms with Crippen LogP contribution in [0.4, 0.5) is 23.7 Å². The van der Waals surface area contributed by atoms with Gasteiger partial charge in [0.1, 0.15) is 0 Å². The summed E-state index contributed by atoms with van der Waals surface area (Å²) in [7, 11) is 1.29. The minimum atomic E-state index is -4.77. The lowest BCUT2D eigenvalue weighted by molar-refractivity contribution is -0.275. The molecular formula is C16H18ClF3N2O2. The Hall–Kier alpha value is -1.89. The minimum absolute atomic E-state index is 0.0256. The van der Waals surface area contributed by atoms with Crippen molar-refractivity contribution in [3.8, 4) is 0 Å². The fourth-order valence-corrected chi connectivity index (χ4v) is 2.78. The van der Waals surface area contributed by atoms with Crippen LogP contribution in [0.1, 0.15) is 25.8 Å². The summed E-state index contributed by atoms with van der Waals surface area (Å²) >= 11 is 5.92. The smallest absolute Gasteiger partial charge is 0.434 e. The molecule has 1 aromatic carbocycles. The predicted molar refractivity (Wildman–Crippen MR) is 86.0 cm³/mol. The summed E-state index contributed by atoms with van der Waals surface area (Å²) in [5, 5.41) is 2.59. The standard InChI is InChI=1S/C16H18ClF3N2O2/c1-4-11(5-2)24-15(16(18,19)20)9-22(3)14(23)21-13-7-6-10(17)8-12(13)15/h4,6-8H,5,9H2,1-3H3,(H,21,23). The molecule has 0 spiro atoms. The van der Waals surface area contributed by atoms with Crippen molar-refractivity contribution in [3.63, 3.8) is 0 Å². The van der Waals surface area contributed by atoms with Crippen LogP contribution in [0.15, 0.2) is 30.0 Å². The number of hydrogen-bond acceptors (Lipinski definition) is 2. The number of amides is 2. The number of urea groups is 1. The normalized spacial score (nSPS) is 21.9. The number of anilines is 1. The van der Waals surface area contributed by atoms with Crippen LogP contribution in [-0.2, 0) is 10.3 Å². The summed E-state index contributed by atoms with van der Waals surface area (Å²) in [5.41, 5.74) is -2.90. The number of nitrogens with one attached hydrogen (secondary N) is 1. The van der Waals surface area contributed by atoms with Gasteiger partial charge in [-0.05, 0) is 31.2 Å². The lowest BCUT2D eigenvalue weighted by atomic mass is 9.90. The van der Waals surface area contributed by atoms with Crippen LogP contribution in [0.5, 0.6) is 0 Å². The molecule has 0 aromatic heterocycles. The van der Waals surface area contributed by atoms with E-state index >= 15 is 0 Å². The predicted octanol–water partition coefficient (Wildman–Crippen LogP) is 4.91. The molecule has 1 N–H and O–H groups in total. The number of halogens is 4. The molecule has 1 aliphatic heterocycles. The third-order valence-corrected chi connectivity index (χ3v) is 4.13. The van der Waals surface area contributed by atoms with Gasteiger partial charge in [0.15, 0.2) is 0 Å². The largest absolute Gasteiger partial charge is 0.476 e. The third-order valence-electron chi connectivity index (χ3n) is 3.90. The molecule has 0 radical (unpaired) electrons. The Kier molecular flexibility index (Phi) is 5.03. The molecule has 132 valence electrons. The van der Waals surface area contributed by atoms with Crippen molar-refractivity contribution in [2.24, 2.45) is 0 Å². The highest BCUT2D eigenvalue weighted by molar-refractivity contribution is 6.30. The average molecular weight is 363 g/mol. The second-order valence-electron chi connectivity index (χ2n) is 5.51. The Morgan fingerprint density at radius 2 is 2.17 bits per heavy atom. The number of likely N-dealkylation sites (N-methyl/N-ethyl adjacent to an activating group) is 1. The summed E-state index contributed by atoms with van der Waals surface area (Å²) in [5.74, 6) is 0.181. The SMILES string of the molecule is CC=C(CC)OC1(C(F)(F)F)CN(C)C(=O)Nc2ccc(Cl)cc21. The Morgan fingerprint density at radius 1 is 1.50 bits per heavy atom. The van der Waals surface area contributed by atoms with Crippen molar-refractivity contribution in [1.82, 2.24) is 4.90 Å². The average Bonchev–Trinajstić information content (AvgIpc) is 2.61. The van der Waals surface area contributed by atoms with E-state index in [2.05, 4.69) is 5.32 Å². The first kappa shape index (κ1) is 18.4. The van der Waals surface area contributed by atoms with Crippen LogP contribution in [0.3, 0.4) is 0 Å². The van der Waals surface area contributed by atoms with Crippen LogP contribution < -0.4 is 5.32 Å². The van der Waals surface area contributed by atoms with Crippen LogP contribution in [0.25, 0.3) is 0 Å². The van der Waals surface area contributed by atoms with Crippen LogP contribution in [-0.4, -0.2) is 30.7 Å². The molecule has 0 saturated carbocycles. The topological polar surface area (TPSA) is 41.6 Å². The summed E-state index contributed by atoms with van der Waals surface area (Å²) in [6.07, 6.45) is -3.00. The molecule has 8 heteroatoms. The number of hydrogen-bond donors (Lipinski definition) is 1. The lowest BCUT2D eigenvalue weighted by Crippen LogP contribution is -2.52. The van der Waals surface area contributed by atoms with E-state index in [1.165, 1.54) is 31.3 Å². The van der Waals surface area contributed by atoms with Gasteiger partial charge in [-0.25, -0.2) is 4.79 Å². The summed E-state index contributed by atoms with van der Waals surface area (Å²) in [4.78, 5) is 13.0. The molecule has 1 aliphatic rings. The zero-order valence-electron chi connectivity index (χ0n) is 13.5. The number of allylic oxidation sites excluding steroid dienone is 2. The van der Waals surface area contributed by atoms with E-state index in [9.17, 15) is 18.0 Å². The molecule has 0 aliphatic carbocycles. The van der Waals surface area contributed by atoms with Crippen molar-refractivity contribution in [2.75, 3.05) is 18.9 Å². The first-order chi connectivity index (χ1) is 11.1. The lowest BCUT2D eigenvalue weighted by Gasteiger charge is -2.38. The van der Waals surface area contributed by atoms with E-state index in [1.807, 2.05) is 0 Å². The second-order valence-corrected chi connectivity index (χ2v) is 5.95. The first-order valence-corrected chi connectivity index (χ1v) is 7.75. The molecule has 0 fully saturated rings. The van der Waals surface area contributed by atoms with Crippen molar-refractivity contribution in [1.29, 1.82) is 0 Å². The van der Waals surface area contributed by atoms with Crippen molar-refractivity contribution in [2.45, 2.75) is 32.0 Å². The second kappa shape index (κ2) is 6.55. The van der Waals surface area contributed by atoms with Gasteiger partial charge in [-0.15, -0.1) is 0 Å². The summed E-state index contributed by atoms with van der Waals surface area (Å²) in [6, 6.07) is 3.31. The summed E-state index contributed by atoms with van der Waals surface area (Å²) in [6.45, 7) is 2.61. The van der Waals surface area contributed by atoms with Crippen LogP contribution in [0.2, 0.25) is 5.02 Å². The Morgan fingerprint density at radius 3 is 2.71 bits per heavy atom. The zero-order valence-corrected chi connectivity index (χ0v) is 14.3. The highest BCUT2D eigenvalue weighted by atomic mass is 35.5. The fourth-order valence-electron chi connectivity index (χ4n) is 2.61. The van der Waals surface area contributed by atoms with Gasteiger partial charge in [-0.3, -0.25) is 0 Å². The van der Waals surface area contributed by atoms with Crippen LogP contribution in [0, 0.1) is 0 Å². The van der Waals surface area contributed by atoms with Gasteiger partial charge in [0.05, 0.1) is 18.0 Å². The quantitative estimate of drug-likeness (QED) is 0.776. The number of alkyl halides is 3. The van der Waals surface area contributed by atoms with Crippen molar-refractivity contribution < 1.29 is 22.7 Å². The Labute approximate surface area is 143 Å². The molecule has 1 heterocycles. The zero-order chi connectivity index (χ0) is 18.1. The molecular weight excluding hydrogens is 345 g/mol. The minimum Gasteiger partial charge on any atom is -0.476 e. The Balaban J connectivity index is 2.75. The molecule has 0 saturated heterocycles. The maximum absolute atomic E-state index is 14.2. The van der Waals surface area contributed by atoms with Crippen LogP contribution >= 0.6 is 11.6 Å². The van der Waals surface area contributed by atoms with E-state index in [0.29, 0.717) is 0 Å². The molecule has 2 amide bonds. The molecule has 1 aromatic rings. The molecule has 0 bridgehead atoms. The molecule has 1 atom stereocenters. The number of nitrogens with zero attached hydrogens (tertiary/aromatic N) is 1. The van der Waals surface area contributed by atoms with Gasteiger partial charge in [0, 0.05) is 24.1 Å². The number of fused-ring (bicyclic) bond motifs is 1. The fraction of sp³-hybridized carbons (Fsp3) is 0.438. The van der Waals surface area contributed by atoms with Gasteiger partial charge >= 0.3 is 12.2 Å². The maximum Gasteiger partial charge on any atom is 0.434 e. The third kappa shape index (κ3) is 3.17. The van der Waals surface area contributed by atoms with Gasteiger partial charge in [0.2, 0.25) is 5.60 Å². The molecule has 4 nitrogen and oxygen atoms in total. The number of benzene rings is 1. The van der Waals surface area contributed by atoms with E-state index in [-0.39, 0.29) is 28.5 Å². The molecule has 2 rings (SSSR count). The van der Waals surface area contributed by atoms with Gasteiger partial charge < -0.3 is 15.0 Å². The van der Waals surface area contributed by atoms with Crippen molar-refractivity contribution >= 4 is 23.3 Å². The van der Waals surface area contributed by atoms with E-state index in [4.69, 9.17) is 16.3 Å². The molecule has 24 heavy (non-hydrogen) atoms. The van der Waals surface area contributed by atoms with Gasteiger partial charge in [-0.1, -0.05) is 18.5 Å². The van der Waals surface area contributed by atoms with Crippen molar-refractivity contribution in [3.05, 3.63) is 40.6 Å². The summed E-state index contributed by atoms with van der Waals surface area (Å²) < 4.78 is 47.9. The van der Waals surface area contributed by atoms with Gasteiger partial charge in [-0.2, -0.15) is 13.2 Å². The monoisotopic (exact) mass is 362 g/mol. The van der Waals surface area contributed by atoms with E-state index in [1.54, 1.807) is 13.8 Å². The first-order valence-electron chi connectivity index (χ1n) is 7.37.